The molecule has 0 spiro atoms. The average Bonchev–Trinajstić information content (AvgIpc) is 2.19. The highest BCUT2D eigenvalue weighted by Crippen LogP contribution is 2.06. The highest BCUT2D eigenvalue weighted by Gasteiger charge is 2.24. The van der Waals surface area contributed by atoms with Crippen LogP contribution in [-0.4, -0.2) is 54.6 Å². The average molecular weight is 196 g/mol. The molecule has 0 aromatic heterocycles. The summed E-state index contributed by atoms with van der Waals surface area (Å²) in [6.07, 6.45) is 0. The molecule has 4 heteroatoms. The van der Waals surface area contributed by atoms with E-state index in [4.69, 9.17) is 11.0 Å². The zero-order chi connectivity index (χ0) is 10.6. The smallest absolute Gasteiger partial charge is 0.114 e. The molecule has 0 saturated carbocycles. The molecule has 1 heterocycles. The van der Waals surface area contributed by atoms with Gasteiger partial charge < -0.3 is 10.6 Å². The Balaban J connectivity index is 2.33. The largest absolute Gasteiger partial charge is 0.313 e. The first-order chi connectivity index (χ1) is 6.57. The fourth-order valence-corrected chi connectivity index (χ4v) is 1.76. The zero-order valence-corrected chi connectivity index (χ0v) is 9.16. The van der Waals surface area contributed by atoms with Crippen LogP contribution in [0.1, 0.15) is 13.8 Å². The lowest BCUT2D eigenvalue weighted by atomic mass is 10.1. The third-order valence-electron chi connectivity index (χ3n) is 2.72. The summed E-state index contributed by atoms with van der Waals surface area (Å²) < 4.78 is 0. The minimum Gasteiger partial charge on any atom is -0.313 e. The SMILES string of the molecule is CCN1CCN(CC(C)(N)C#N)CC1. The van der Waals surface area contributed by atoms with E-state index in [0.29, 0.717) is 6.54 Å². The van der Waals surface area contributed by atoms with Crippen LogP contribution in [-0.2, 0) is 0 Å². The van der Waals surface area contributed by atoms with Gasteiger partial charge in [0.1, 0.15) is 5.54 Å². The lowest BCUT2D eigenvalue weighted by Crippen LogP contribution is -2.53. The normalized spacial score (nSPS) is 24.1. The molecule has 1 atom stereocenters. The lowest BCUT2D eigenvalue weighted by molar-refractivity contribution is 0.126. The number of nitrogens with zero attached hydrogens (tertiary/aromatic N) is 3. The van der Waals surface area contributed by atoms with E-state index in [1.807, 2.05) is 0 Å². The van der Waals surface area contributed by atoms with Crippen LogP contribution < -0.4 is 5.73 Å². The number of nitrogens with two attached hydrogens (primary N) is 1. The van der Waals surface area contributed by atoms with Gasteiger partial charge in [-0.15, -0.1) is 0 Å². The van der Waals surface area contributed by atoms with E-state index in [0.717, 1.165) is 32.7 Å². The van der Waals surface area contributed by atoms with Crippen molar-refractivity contribution in [3.8, 4) is 6.07 Å². The van der Waals surface area contributed by atoms with Gasteiger partial charge in [0.2, 0.25) is 0 Å². The maximum atomic E-state index is 8.81. The van der Waals surface area contributed by atoms with Crippen molar-refractivity contribution in [1.29, 1.82) is 5.26 Å². The fraction of sp³-hybridized carbons (Fsp3) is 0.900. The second-order valence-electron chi connectivity index (χ2n) is 4.24. The van der Waals surface area contributed by atoms with E-state index < -0.39 is 5.54 Å². The van der Waals surface area contributed by atoms with E-state index in [2.05, 4.69) is 22.8 Å². The van der Waals surface area contributed by atoms with Crippen molar-refractivity contribution >= 4 is 0 Å². The summed E-state index contributed by atoms with van der Waals surface area (Å²) in [6.45, 7) is 10.0. The molecular weight excluding hydrogens is 176 g/mol. The van der Waals surface area contributed by atoms with Crippen molar-refractivity contribution < 1.29 is 0 Å². The fourth-order valence-electron chi connectivity index (χ4n) is 1.76. The van der Waals surface area contributed by atoms with E-state index in [-0.39, 0.29) is 0 Å². The van der Waals surface area contributed by atoms with Gasteiger partial charge in [0, 0.05) is 32.7 Å². The molecule has 1 aliphatic heterocycles. The Labute approximate surface area is 86.3 Å². The molecule has 1 unspecified atom stereocenters. The van der Waals surface area contributed by atoms with Crippen LogP contribution in [0.15, 0.2) is 0 Å². The first-order valence-electron chi connectivity index (χ1n) is 5.22. The van der Waals surface area contributed by atoms with Gasteiger partial charge in [-0.05, 0) is 13.5 Å². The summed E-state index contributed by atoms with van der Waals surface area (Å²) in [7, 11) is 0. The molecular formula is C10H20N4. The minimum atomic E-state index is -0.700. The van der Waals surface area contributed by atoms with E-state index >= 15 is 0 Å². The Hall–Kier alpha value is -0.630. The predicted molar refractivity (Wildman–Crippen MR) is 56.8 cm³/mol. The number of hydrogen-bond donors (Lipinski definition) is 1. The molecule has 0 aromatic rings. The number of hydrogen-bond acceptors (Lipinski definition) is 4. The second kappa shape index (κ2) is 4.74. The van der Waals surface area contributed by atoms with Crippen molar-refractivity contribution in [1.82, 2.24) is 9.80 Å². The van der Waals surface area contributed by atoms with Crippen molar-refractivity contribution in [2.45, 2.75) is 19.4 Å². The van der Waals surface area contributed by atoms with Crippen LogP contribution in [0, 0.1) is 11.3 Å². The predicted octanol–water partition coefficient (Wildman–Crippen LogP) is -0.135. The van der Waals surface area contributed by atoms with Gasteiger partial charge in [-0.25, -0.2) is 0 Å². The number of nitriles is 1. The molecule has 1 fully saturated rings. The molecule has 4 nitrogen and oxygen atoms in total. The first-order valence-corrected chi connectivity index (χ1v) is 5.22. The molecule has 0 bridgehead atoms. The van der Waals surface area contributed by atoms with Crippen LogP contribution in [0.2, 0.25) is 0 Å². The maximum absolute atomic E-state index is 8.81. The van der Waals surface area contributed by atoms with Crippen LogP contribution in [0.5, 0.6) is 0 Å². The Morgan fingerprint density at radius 2 is 1.79 bits per heavy atom. The number of rotatable bonds is 3. The lowest BCUT2D eigenvalue weighted by Gasteiger charge is -2.36. The van der Waals surface area contributed by atoms with Crippen LogP contribution in [0.25, 0.3) is 0 Å². The third kappa shape index (κ3) is 3.26. The molecule has 14 heavy (non-hydrogen) atoms. The summed E-state index contributed by atoms with van der Waals surface area (Å²) >= 11 is 0. The second-order valence-corrected chi connectivity index (χ2v) is 4.24. The van der Waals surface area contributed by atoms with Gasteiger partial charge in [-0.1, -0.05) is 6.92 Å². The Morgan fingerprint density at radius 3 is 2.21 bits per heavy atom. The molecule has 80 valence electrons. The Morgan fingerprint density at radius 1 is 1.29 bits per heavy atom. The van der Waals surface area contributed by atoms with Crippen molar-refractivity contribution in [2.75, 3.05) is 39.3 Å². The van der Waals surface area contributed by atoms with Crippen molar-refractivity contribution in [2.24, 2.45) is 5.73 Å². The highest BCUT2D eigenvalue weighted by atomic mass is 15.3. The summed E-state index contributed by atoms with van der Waals surface area (Å²) in [6, 6.07) is 2.14. The highest BCUT2D eigenvalue weighted by molar-refractivity contribution is 5.03. The quantitative estimate of drug-likeness (QED) is 0.683. The molecule has 1 saturated heterocycles. The van der Waals surface area contributed by atoms with Gasteiger partial charge in [-0.2, -0.15) is 5.26 Å². The molecule has 1 aliphatic rings. The third-order valence-corrected chi connectivity index (χ3v) is 2.72. The molecule has 0 aliphatic carbocycles. The van der Waals surface area contributed by atoms with Gasteiger partial charge >= 0.3 is 0 Å². The Bertz CT molecular complexity index is 211. The Kier molecular flexibility index (Phi) is 3.87. The van der Waals surface area contributed by atoms with Gasteiger partial charge in [0.25, 0.3) is 0 Å². The van der Waals surface area contributed by atoms with Gasteiger partial charge in [-0.3, -0.25) is 4.90 Å². The summed E-state index contributed by atoms with van der Waals surface area (Å²) in [5, 5.41) is 8.81. The molecule has 0 aromatic carbocycles. The van der Waals surface area contributed by atoms with Crippen LogP contribution in [0.3, 0.4) is 0 Å². The monoisotopic (exact) mass is 196 g/mol. The van der Waals surface area contributed by atoms with E-state index in [9.17, 15) is 0 Å². The summed E-state index contributed by atoms with van der Waals surface area (Å²) in [5.74, 6) is 0. The van der Waals surface area contributed by atoms with Gasteiger partial charge in [0.05, 0.1) is 6.07 Å². The summed E-state index contributed by atoms with van der Waals surface area (Å²) in [4.78, 5) is 4.69. The van der Waals surface area contributed by atoms with E-state index in [1.165, 1.54) is 0 Å². The maximum Gasteiger partial charge on any atom is 0.114 e. The van der Waals surface area contributed by atoms with Crippen LogP contribution >= 0.6 is 0 Å². The van der Waals surface area contributed by atoms with Gasteiger partial charge in [0.15, 0.2) is 0 Å². The van der Waals surface area contributed by atoms with E-state index in [1.54, 1.807) is 6.92 Å². The van der Waals surface area contributed by atoms with Crippen molar-refractivity contribution in [3.05, 3.63) is 0 Å². The molecule has 1 rings (SSSR count). The molecule has 0 radical (unpaired) electrons. The molecule has 2 N–H and O–H groups in total. The minimum absolute atomic E-state index is 0.682. The summed E-state index contributed by atoms with van der Waals surface area (Å²) in [5.41, 5.74) is 5.10. The first kappa shape index (κ1) is 11.4. The zero-order valence-electron chi connectivity index (χ0n) is 9.16. The topological polar surface area (TPSA) is 56.3 Å². The standard InChI is InChI=1S/C10H20N4/c1-3-13-4-6-14(7-5-13)9-10(2,12)8-11/h3-7,9,12H2,1-2H3. The number of likely N-dealkylation sites (N-methyl/N-ethyl adjacent to an activating group) is 1. The van der Waals surface area contributed by atoms with Crippen molar-refractivity contribution in [3.63, 3.8) is 0 Å². The van der Waals surface area contributed by atoms with Crippen LogP contribution in [0.4, 0.5) is 0 Å². The number of piperazine rings is 1. The molecule has 0 amide bonds.